The van der Waals surface area contributed by atoms with Crippen LogP contribution in [-0.4, -0.2) is 14.5 Å². The summed E-state index contributed by atoms with van der Waals surface area (Å²) >= 11 is 0. The van der Waals surface area contributed by atoms with Gasteiger partial charge in [-0.15, -0.1) is 0 Å². The van der Waals surface area contributed by atoms with E-state index in [2.05, 4.69) is 83.4 Å². The SMILES string of the molecule is C1=c2c(c3ccccc3n2-c2cc(-c3ccccc3)nc(-c3ccccc3)n2)=C2Oc3ccccc3C2C1. The average molecular weight is 490 g/mol. The maximum absolute atomic E-state index is 6.53. The van der Waals surface area contributed by atoms with Gasteiger partial charge in [0.1, 0.15) is 17.3 Å². The molecule has 3 heterocycles. The largest absolute Gasteiger partial charge is 0.460 e. The number of aromatic nitrogens is 3. The molecule has 1 aliphatic heterocycles. The van der Waals surface area contributed by atoms with Crippen LogP contribution >= 0.6 is 0 Å². The molecule has 0 N–H and O–H groups in total. The van der Waals surface area contributed by atoms with Gasteiger partial charge in [-0.25, -0.2) is 9.97 Å². The predicted octanol–water partition coefficient (Wildman–Crippen LogP) is 6.22. The fraction of sp³-hybridized carbons (Fsp3) is 0.0588. The lowest BCUT2D eigenvalue weighted by Crippen LogP contribution is -2.35. The summed E-state index contributed by atoms with van der Waals surface area (Å²) < 4.78 is 8.81. The number of hydrogen-bond donors (Lipinski definition) is 0. The maximum atomic E-state index is 6.53. The number of ether oxygens (including phenoxy) is 1. The fourth-order valence-corrected chi connectivity index (χ4v) is 5.86. The van der Waals surface area contributed by atoms with E-state index in [1.54, 1.807) is 0 Å². The minimum atomic E-state index is 0.239. The predicted molar refractivity (Wildman–Crippen MR) is 151 cm³/mol. The summed E-state index contributed by atoms with van der Waals surface area (Å²) in [5.74, 6) is 3.80. The van der Waals surface area contributed by atoms with Crippen molar-refractivity contribution < 1.29 is 4.74 Å². The highest BCUT2D eigenvalue weighted by Crippen LogP contribution is 2.44. The Hall–Kier alpha value is -4.96. The van der Waals surface area contributed by atoms with Crippen LogP contribution in [0, 0.1) is 0 Å². The third-order valence-corrected chi connectivity index (χ3v) is 7.58. The van der Waals surface area contributed by atoms with Crippen molar-refractivity contribution in [2.24, 2.45) is 0 Å². The summed E-state index contributed by atoms with van der Waals surface area (Å²) in [6.45, 7) is 0. The van der Waals surface area contributed by atoms with E-state index >= 15 is 0 Å². The van der Waals surface area contributed by atoms with Gasteiger partial charge in [0.15, 0.2) is 5.82 Å². The molecule has 6 aromatic rings. The van der Waals surface area contributed by atoms with Crippen molar-refractivity contribution in [1.29, 1.82) is 0 Å². The van der Waals surface area contributed by atoms with Crippen molar-refractivity contribution in [2.45, 2.75) is 12.3 Å². The second-order valence-corrected chi connectivity index (χ2v) is 9.78. The fourth-order valence-electron chi connectivity index (χ4n) is 5.86. The van der Waals surface area contributed by atoms with E-state index in [-0.39, 0.29) is 5.92 Å². The van der Waals surface area contributed by atoms with Crippen LogP contribution in [0.25, 0.3) is 51.2 Å². The number of rotatable bonds is 3. The zero-order valence-corrected chi connectivity index (χ0v) is 20.6. The summed E-state index contributed by atoms with van der Waals surface area (Å²) in [6.07, 6.45) is 3.24. The van der Waals surface area contributed by atoms with E-state index in [0.29, 0.717) is 5.82 Å². The first-order valence-corrected chi connectivity index (χ1v) is 13.0. The quantitative estimate of drug-likeness (QED) is 0.296. The number of hydrogen-bond acceptors (Lipinski definition) is 3. The molecule has 38 heavy (non-hydrogen) atoms. The minimum absolute atomic E-state index is 0.239. The van der Waals surface area contributed by atoms with Crippen LogP contribution < -0.4 is 15.3 Å². The van der Waals surface area contributed by atoms with Crippen LogP contribution in [0.1, 0.15) is 17.9 Å². The molecule has 1 aliphatic carbocycles. The molecule has 4 heteroatoms. The third kappa shape index (κ3) is 3.17. The highest BCUT2D eigenvalue weighted by molar-refractivity contribution is 5.87. The first-order chi connectivity index (χ1) is 18.8. The van der Waals surface area contributed by atoms with Gasteiger partial charge in [-0.2, -0.15) is 0 Å². The molecule has 0 amide bonds. The van der Waals surface area contributed by atoms with Crippen molar-refractivity contribution in [3.05, 3.63) is 131 Å². The highest BCUT2D eigenvalue weighted by Gasteiger charge is 2.33. The molecule has 2 aliphatic rings. The van der Waals surface area contributed by atoms with Gasteiger partial charge in [0.25, 0.3) is 0 Å². The Morgan fingerprint density at radius 2 is 1.42 bits per heavy atom. The molecular formula is C34H23N3O. The molecule has 1 unspecified atom stereocenters. The average Bonchev–Trinajstić information content (AvgIpc) is 3.53. The van der Waals surface area contributed by atoms with Crippen molar-refractivity contribution in [3.63, 3.8) is 0 Å². The molecule has 4 aromatic carbocycles. The lowest BCUT2D eigenvalue weighted by molar-refractivity contribution is 0.509. The summed E-state index contributed by atoms with van der Waals surface area (Å²) in [7, 11) is 0. The summed E-state index contributed by atoms with van der Waals surface area (Å²) in [5, 5.41) is 3.46. The van der Waals surface area contributed by atoms with Gasteiger partial charge in [-0.05, 0) is 18.6 Å². The Morgan fingerprint density at radius 3 is 2.26 bits per heavy atom. The molecule has 0 fully saturated rings. The number of nitrogens with zero attached hydrogens (tertiary/aromatic N) is 3. The molecule has 180 valence electrons. The molecular weight excluding hydrogens is 466 g/mol. The van der Waals surface area contributed by atoms with E-state index < -0.39 is 0 Å². The van der Waals surface area contributed by atoms with Gasteiger partial charge in [0.05, 0.1) is 22.5 Å². The second kappa shape index (κ2) is 8.29. The highest BCUT2D eigenvalue weighted by atomic mass is 16.5. The molecule has 0 saturated heterocycles. The van der Waals surface area contributed by atoms with Crippen LogP contribution in [0.3, 0.4) is 0 Å². The topological polar surface area (TPSA) is 39.9 Å². The molecule has 0 bridgehead atoms. The van der Waals surface area contributed by atoms with Crippen molar-refractivity contribution >= 4 is 22.7 Å². The van der Waals surface area contributed by atoms with Gasteiger partial charge >= 0.3 is 0 Å². The van der Waals surface area contributed by atoms with E-state index in [1.807, 2.05) is 42.5 Å². The summed E-state index contributed by atoms with van der Waals surface area (Å²) in [5.41, 5.74) is 5.32. The Morgan fingerprint density at radius 1 is 0.711 bits per heavy atom. The van der Waals surface area contributed by atoms with Gasteiger partial charge in [-0.3, -0.25) is 4.57 Å². The normalized spacial score (nSPS) is 15.4. The smallest absolute Gasteiger partial charge is 0.162 e. The van der Waals surface area contributed by atoms with E-state index in [4.69, 9.17) is 14.7 Å². The van der Waals surface area contributed by atoms with Crippen LogP contribution in [-0.2, 0) is 0 Å². The van der Waals surface area contributed by atoms with Gasteiger partial charge < -0.3 is 4.74 Å². The monoisotopic (exact) mass is 489 g/mol. The van der Waals surface area contributed by atoms with Crippen LogP contribution in [0.15, 0.2) is 115 Å². The van der Waals surface area contributed by atoms with Gasteiger partial charge in [0.2, 0.25) is 0 Å². The van der Waals surface area contributed by atoms with Crippen LogP contribution in [0.4, 0.5) is 0 Å². The third-order valence-electron chi connectivity index (χ3n) is 7.58. The molecule has 0 spiro atoms. The number of benzene rings is 4. The number of para-hydroxylation sites is 2. The van der Waals surface area contributed by atoms with Crippen molar-refractivity contribution in [2.75, 3.05) is 0 Å². The van der Waals surface area contributed by atoms with Gasteiger partial charge in [-0.1, -0.05) is 103 Å². The first-order valence-electron chi connectivity index (χ1n) is 13.0. The molecule has 0 saturated carbocycles. The van der Waals surface area contributed by atoms with Crippen LogP contribution in [0.5, 0.6) is 5.75 Å². The first kappa shape index (κ1) is 21.2. The second-order valence-electron chi connectivity index (χ2n) is 9.78. The lowest BCUT2D eigenvalue weighted by Gasteiger charge is -2.14. The number of fused-ring (bicyclic) bond motifs is 6. The van der Waals surface area contributed by atoms with Gasteiger partial charge in [0, 0.05) is 33.4 Å². The van der Waals surface area contributed by atoms with Crippen molar-refractivity contribution in [3.8, 4) is 34.2 Å². The van der Waals surface area contributed by atoms with Crippen molar-refractivity contribution in [1.82, 2.24) is 14.5 Å². The summed E-state index contributed by atoms with van der Waals surface area (Å²) in [6, 6.07) is 39.6. The Labute approximate surface area is 219 Å². The lowest BCUT2D eigenvalue weighted by atomic mass is 9.91. The van der Waals surface area contributed by atoms with Crippen LogP contribution in [0.2, 0.25) is 0 Å². The molecule has 1 atom stereocenters. The molecule has 0 radical (unpaired) electrons. The molecule has 2 aromatic heterocycles. The van der Waals surface area contributed by atoms with E-state index in [0.717, 1.165) is 56.7 Å². The Kier molecular flexibility index (Phi) is 4.61. The Balaban J connectivity index is 1.44. The standard InChI is InChI=1S/C34H23N3O/c1-3-11-22(12-4-1)27-21-31(36-34(35-27)23-13-5-2-6-14-23)37-28-17-9-7-16-26(28)32-29(37)20-19-25-24-15-8-10-18-30(24)38-33(25)32/h1-18,20-21,25H,19H2. The van der Waals surface area contributed by atoms with E-state index in [1.165, 1.54) is 10.9 Å². The molecule has 4 nitrogen and oxygen atoms in total. The molecule has 8 rings (SSSR count). The maximum Gasteiger partial charge on any atom is 0.162 e. The zero-order chi connectivity index (χ0) is 25.1. The Bertz CT molecular complexity index is 1920. The summed E-state index contributed by atoms with van der Waals surface area (Å²) in [4.78, 5) is 10.1. The van der Waals surface area contributed by atoms with E-state index in [9.17, 15) is 0 Å². The minimum Gasteiger partial charge on any atom is -0.460 e. The zero-order valence-electron chi connectivity index (χ0n) is 20.6.